The summed E-state index contributed by atoms with van der Waals surface area (Å²) < 4.78 is 15.5. The molecule has 0 spiro atoms. The van der Waals surface area contributed by atoms with Gasteiger partial charge in [-0.3, -0.25) is 24.0 Å². The molecule has 0 radical (unpaired) electrons. The lowest BCUT2D eigenvalue weighted by molar-refractivity contribution is -0.157. The van der Waals surface area contributed by atoms with Crippen LogP contribution in [-0.2, 0) is 38.2 Å². The third-order valence-electron chi connectivity index (χ3n) is 8.46. The summed E-state index contributed by atoms with van der Waals surface area (Å²) in [6.45, 7) is 9.35. The molecule has 2 aliphatic heterocycles. The fourth-order valence-electron chi connectivity index (χ4n) is 6.39. The van der Waals surface area contributed by atoms with Gasteiger partial charge in [0.05, 0.1) is 18.8 Å². The minimum absolute atomic E-state index is 0.205. The van der Waals surface area contributed by atoms with E-state index >= 15 is 0 Å². The molecule has 14 heteroatoms. The molecule has 0 bridgehead atoms. The van der Waals surface area contributed by atoms with Gasteiger partial charge >= 0.3 is 18.0 Å². The lowest BCUT2D eigenvalue weighted by atomic mass is 9.87. The van der Waals surface area contributed by atoms with Gasteiger partial charge < -0.3 is 40.2 Å². The van der Waals surface area contributed by atoms with Gasteiger partial charge in [-0.25, -0.2) is 4.79 Å². The Balaban J connectivity index is 2.51. The summed E-state index contributed by atoms with van der Waals surface area (Å²) in [5.41, 5.74) is -1.94. The monoisotopic (exact) mass is 682 g/mol. The zero-order chi connectivity index (χ0) is 36.1. The van der Waals surface area contributed by atoms with Crippen molar-refractivity contribution in [3.8, 4) is 0 Å². The highest BCUT2D eigenvalue weighted by molar-refractivity contribution is 5.93. The number of fused-ring (bicyclic) bond motifs is 1. The van der Waals surface area contributed by atoms with Gasteiger partial charge in [0.25, 0.3) is 5.91 Å². The summed E-state index contributed by atoms with van der Waals surface area (Å²) in [4.78, 5) is 80.0. The van der Waals surface area contributed by atoms with Gasteiger partial charge in [0.15, 0.2) is 6.10 Å². The van der Waals surface area contributed by atoms with Gasteiger partial charge in [-0.1, -0.05) is 51.4 Å². The maximum Gasteiger partial charge on any atom is 0.408 e. The molecule has 0 saturated carbocycles. The predicted octanol–water partition coefficient (Wildman–Crippen LogP) is 2.88. The lowest BCUT2D eigenvalue weighted by Gasteiger charge is -2.34. The quantitative estimate of drug-likeness (QED) is 0.219. The van der Waals surface area contributed by atoms with Gasteiger partial charge in [-0.05, 0) is 66.2 Å². The second-order valence-electron chi connectivity index (χ2n) is 14.6. The van der Waals surface area contributed by atoms with Crippen molar-refractivity contribution in [3.05, 3.63) is 0 Å². The predicted molar refractivity (Wildman–Crippen MR) is 176 cm³/mol. The van der Waals surface area contributed by atoms with E-state index in [0.29, 0.717) is 25.7 Å². The van der Waals surface area contributed by atoms with Crippen LogP contribution >= 0.6 is 0 Å². The van der Waals surface area contributed by atoms with Crippen molar-refractivity contribution in [3.63, 3.8) is 0 Å². The summed E-state index contributed by atoms with van der Waals surface area (Å²) >= 11 is 0. The van der Waals surface area contributed by atoms with Gasteiger partial charge in [0, 0.05) is 13.5 Å². The smallest absolute Gasteiger partial charge is 0.408 e. The number of ether oxygens (including phenoxy) is 3. The normalized spacial score (nSPS) is 24.3. The summed E-state index contributed by atoms with van der Waals surface area (Å²) in [6.07, 6.45) is 5.95. The SMILES string of the molecule is COC(=O)CNC(=O)C(OC(C)=O)[C@@H]1CCCCCCCCCC[C@H](NC(=O)OC(C)(C)C)C(=O)N2CC[C@H](CC(C)(C)O)[C@H]2C(=O)N1. The molecule has 0 aromatic rings. The average Bonchev–Trinajstić information content (AvgIpc) is 3.38. The second-order valence-corrected chi connectivity index (χ2v) is 14.6. The number of carbonyl (C=O) groups is 6. The zero-order valence-corrected chi connectivity index (χ0v) is 29.9. The van der Waals surface area contributed by atoms with E-state index in [-0.39, 0.29) is 19.4 Å². The molecule has 5 atom stereocenters. The van der Waals surface area contributed by atoms with Crippen molar-refractivity contribution in [2.24, 2.45) is 5.92 Å². The molecule has 2 fully saturated rings. The Morgan fingerprint density at radius 1 is 0.938 bits per heavy atom. The van der Waals surface area contributed by atoms with Crippen molar-refractivity contribution >= 4 is 35.8 Å². The molecule has 14 nitrogen and oxygen atoms in total. The minimum Gasteiger partial charge on any atom is -0.468 e. The third-order valence-corrected chi connectivity index (χ3v) is 8.46. The maximum absolute atomic E-state index is 14.3. The summed E-state index contributed by atoms with van der Waals surface area (Å²) in [6, 6.07) is -2.97. The molecule has 0 aromatic heterocycles. The largest absolute Gasteiger partial charge is 0.468 e. The van der Waals surface area contributed by atoms with Crippen LogP contribution in [-0.4, -0.2) is 101 Å². The van der Waals surface area contributed by atoms with E-state index in [4.69, 9.17) is 9.47 Å². The van der Waals surface area contributed by atoms with Crippen LogP contribution < -0.4 is 16.0 Å². The summed E-state index contributed by atoms with van der Waals surface area (Å²) in [5, 5.41) is 18.8. The molecule has 2 heterocycles. The van der Waals surface area contributed by atoms with Gasteiger partial charge in [-0.15, -0.1) is 0 Å². The van der Waals surface area contributed by atoms with Crippen molar-refractivity contribution in [2.45, 2.75) is 154 Å². The second kappa shape index (κ2) is 18.9. The average molecular weight is 683 g/mol. The van der Waals surface area contributed by atoms with E-state index in [1.807, 2.05) is 0 Å². The Bertz CT molecular complexity index is 1120. The number of amides is 4. The van der Waals surface area contributed by atoms with E-state index in [0.717, 1.165) is 45.4 Å². The van der Waals surface area contributed by atoms with Crippen molar-refractivity contribution < 1.29 is 48.1 Å². The first-order valence-electron chi connectivity index (χ1n) is 17.3. The number of nitrogens with zero attached hydrogens (tertiary/aromatic N) is 1. The highest BCUT2D eigenvalue weighted by Gasteiger charge is 2.46. The van der Waals surface area contributed by atoms with E-state index in [9.17, 15) is 33.9 Å². The third kappa shape index (κ3) is 14.4. The van der Waals surface area contributed by atoms with Crippen molar-refractivity contribution in [2.75, 3.05) is 20.2 Å². The maximum atomic E-state index is 14.3. The van der Waals surface area contributed by atoms with E-state index in [1.54, 1.807) is 34.6 Å². The fourth-order valence-corrected chi connectivity index (χ4v) is 6.39. The number of hydrogen-bond acceptors (Lipinski definition) is 10. The minimum atomic E-state index is -1.46. The topological polar surface area (TPSA) is 190 Å². The molecule has 2 rings (SSSR count). The van der Waals surface area contributed by atoms with Gasteiger partial charge in [0.2, 0.25) is 11.8 Å². The molecule has 1 unspecified atom stereocenters. The molecule has 0 aromatic carbocycles. The Morgan fingerprint density at radius 3 is 2.06 bits per heavy atom. The van der Waals surface area contributed by atoms with Crippen molar-refractivity contribution in [1.29, 1.82) is 0 Å². The van der Waals surface area contributed by atoms with Crippen LogP contribution in [0.15, 0.2) is 0 Å². The number of rotatable bonds is 8. The molecular weight excluding hydrogens is 624 g/mol. The van der Waals surface area contributed by atoms with Crippen LogP contribution in [0.5, 0.6) is 0 Å². The van der Waals surface area contributed by atoms with E-state index in [1.165, 1.54) is 12.0 Å². The van der Waals surface area contributed by atoms with Crippen LogP contribution in [0.2, 0.25) is 0 Å². The number of esters is 2. The van der Waals surface area contributed by atoms with Crippen LogP contribution in [0.1, 0.15) is 119 Å². The van der Waals surface area contributed by atoms with Crippen LogP contribution in [0.25, 0.3) is 0 Å². The van der Waals surface area contributed by atoms with E-state index < -0.39 is 83.6 Å². The summed E-state index contributed by atoms with van der Waals surface area (Å²) in [5.74, 6) is -3.68. The van der Waals surface area contributed by atoms with Crippen LogP contribution in [0.4, 0.5) is 4.79 Å². The fraction of sp³-hybridized carbons (Fsp3) is 0.824. The number of nitrogens with one attached hydrogen (secondary N) is 3. The first kappa shape index (κ1) is 40.8. The number of methoxy groups -OCH3 is 1. The first-order chi connectivity index (χ1) is 22.4. The van der Waals surface area contributed by atoms with E-state index in [2.05, 4.69) is 20.7 Å². The standard InChI is InChI=1S/C34H58N4O10/c1-22(39)47-28(30(42)35-21-26(40)46-7)24-16-14-12-10-8-9-11-13-15-17-25(37-32(44)48-33(2,3)4)31(43)38-19-18-23(20-34(5,6)45)27(38)29(41)36-24/h23-25,27-28,45H,8-21H2,1-7H3,(H,35,42)(H,36,41)(H,37,44)/t23-,24+,25+,27+,28?/m1/s1. The Morgan fingerprint density at radius 2 is 1.52 bits per heavy atom. The van der Waals surface area contributed by atoms with Gasteiger partial charge in [-0.2, -0.15) is 0 Å². The molecule has 2 aliphatic rings. The highest BCUT2D eigenvalue weighted by atomic mass is 16.6. The number of aliphatic hydroxyl groups is 1. The molecule has 48 heavy (non-hydrogen) atoms. The highest BCUT2D eigenvalue weighted by Crippen LogP contribution is 2.33. The Kier molecular flexibility index (Phi) is 16.1. The van der Waals surface area contributed by atoms with Crippen molar-refractivity contribution in [1.82, 2.24) is 20.9 Å². The zero-order valence-electron chi connectivity index (χ0n) is 29.9. The number of alkyl carbamates (subject to hydrolysis) is 1. The van der Waals surface area contributed by atoms with Gasteiger partial charge in [0.1, 0.15) is 24.2 Å². The molecule has 4 N–H and O–H groups in total. The number of carbonyl (C=O) groups excluding carboxylic acids is 6. The lowest BCUT2D eigenvalue weighted by Crippen LogP contribution is -2.59. The molecule has 0 aliphatic carbocycles. The molecular formula is C34H58N4O10. The van der Waals surface area contributed by atoms with Crippen LogP contribution in [0.3, 0.4) is 0 Å². The van der Waals surface area contributed by atoms with Crippen LogP contribution in [0, 0.1) is 5.92 Å². The number of hydrogen-bond donors (Lipinski definition) is 4. The Hall–Kier alpha value is -3.42. The molecule has 4 amide bonds. The molecule has 2 saturated heterocycles. The first-order valence-corrected chi connectivity index (χ1v) is 17.3. The molecule has 274 valence electrons. The summed E-state index contributed by atoms with van der Waals surface area (Å²) in [7, 11) is 1.18. The Labute approximate surface area is 284 Å².